The Morgan fingerprint density at radius 2 is 2.12 bits per heavy atom. The average molecular weight is 230 g/mol. The lowest BCUT2D eigenvalue weighted by molar-refractivity contribution is 0.357. The summed E-state index contributed by atoms with van der Waals surface area (Å²) in [7, 11) is 0. The Balaban J connectivity index is 2.95. The topological polar surface area (TPSA) is 56.8 Å². The van der Waals surface area contributed by atoms with E-state index in [-0.39, 0.29) is 6.42 Å². The maximum atomic E-state index is 13.1. The van der Waals surface area contributed by atoms with Gasteiger partial charge in [0.25, 0.3) is 0 Å². The number of rotatable bonds is 5. The summed E-state index contributed by atoms with van der Waals surface area (Å²) in [5.41, 5.74) is 0.514. The lowest BCUT2D eigenvalue weighted by Gasteiger charge is -2.10. The van der Waals surface area contributed by atoms with Gasteiger partial charge in [-0.2, -0.15) is 10.5 Å². The van der Waals surface area contributed by atoms with Gasteiger partial charge in [0.15, 0.2) is 0 Å². The normalized spacial score (nSPS) is 9.41. The van der Waals surface area contributed by atoms with E-state index in [1.165, 1.54) is 18.2 Å². The van der Waals surface area contributed by atoms with Crippen molar-refractivity contribution in [1.29, 1.82) is 10.5 Å². The molecule has 1 aromatic rings. The molecule has 0 radical (unpaired) electrons. The van der Waals surface area contributed by atoms with Crippen LogP contribution in [0.15, 0.2) is 30.9 Å². The first-order chi connectivity index (χ1) is 8.21. The quantitative estimate of drug-likeness (QED) is 0.730. The third-order valence-corrected chi connectivity index (χ3v) is 2.11. The van der Waals surface area contributed by atoms with Crippen molar-refractivity contribution in [2.45, 2.75) is 6.42 Å². The molecule has 0 saturated carbocycles. The van der Waals surface area contributed by atoms with Gasteiger partial charge in [-0.1, -0.05) is 12.7 Å². The van der Waals surface area contributed by atoms with Crippen LogP contribution in [0.3, 0.4) is 0 Å². The number of benzene rings is 1. The summed E-state index contributed by atoms with van der Waals surface area (Å²) < 4.78 is 18.4. The van der Waals surface area contributed by atoms with Crippen LogP contribution in [0.2, 0.25) is 0 Å². The molecule has 17 heavy (non-hydrogen) atoms. The zero-order valence-electron chi connectivity index (χ0n) is 9.19. The molecule has 0 heterocycles. The van der Waals surface area contributed by atoms with Gasteiger partial charge in [-0.25, -0.2) is 4.39 Å². The fraction of sp³-hybridized carbons (Fsp3) is 0.231. The summed E-state index contributed by atoms with van der Waals surface area (Å²) in [5.74, 6) is -0.745. The van der Waals surface area contributed by atoms with Gasteiger partial charge in [0.1, 0.15) is 24.1 Å². The number of nitriles is 2. The zero-order valence-corrected chi connectivity index (χ0v) is 9.19. The summed E-state index contributed by atoms with van der Waals surface area (Å²) in [5, 5.41) is 17.4. The second kappa shape index (κ2) is 6.30. The summed E-state index contributed by atoms with van der Waals surface area (Å²) in [6.45, 7) is 3.81. The van der Waals surface area contributed by atoms with Crippen LogP contribution in [-0.4, -0.2) is 6.61 Å². The SMILES string of the molecule is C=CCOc1ccc(F)cc1CC(C#N)C#N. The largest absolute Gasteiger partial charge is 0.489 e. The fourth-order valence-corrected chi connectivity index (χ4v) is 1.34. The molecule has 0 unspecified atom stereocenters. The molecular formula is C13H11FN2O. The van der Waals surface area contributed by atoms with Gasteiger partial charge in [0.05, 0.1) is 12.1 Å². The van der Waals surface area contributed by atoms with Crippen LogP contribution in [0.4, 0.5) is 4.39 Å². The summed E-state index contributed by atoms with van der Waals surface area (Å²) in [6, 6.07) is 7.72. The predicted octanol–water partition coefficient (Wildman–Crippen LogP) is 2.60. The van der Waals surface area contributed by atoms with E-state index < -0.39 is 11.7 Å². The molecule has 0 aliphatic heterocycles. The van der Waals surface area contributed by atoms with E-state index in [0.29, 0.717) is 17.9 Å². The summed E-state index contributed by atoms with van der Waals surface area (Å²) in [4.78, 5) is 0. The molecule has 0 amide bonds. The number of ether oxygens (including phenoxy) is 1. The fourth-order valence-electron chi connectivity index (χ4n) is 1.34. The molecule has 0 fully saturated rings. The second-order valence-corrected chi connectivity index (χ2v) is 3.37. The highest BCUT2D eigenvalue weighted by Crippen LogP contribution is 2.22. The van der Waals surface area contributed by atoms with Gasteiger partial charge in [-0.15, -0.1) is 0 Å². The van der Waals surface area contributed by atoms with Crippen molar-refractivity contribution < 1.29 is 9.13 Å². The number of nitrogens with zero attached hydrogens (tertiary/aromatic N) is 2. The lowest BCUT2D eigenvalue weighted by Crippen LogP contribution is -2.03. The van der Waals surface area contributed by atoms with Gasteiger partial charge in [-0.3, -0.25) is 0 Å². The summed E-state index contributed by atoms with van der Waals surface area (Å²) in [6.07, 6.45) is 1.72. The van der Waals surface area contributed by atoms with Crippen molar-refractivity contribution in [1.82, 2.24) is 0 Å². The van der Waals surface area contributed by atoms with Gasteiger partial charge < -0.3 is 4.74 Å². The molecule has 86 valence electrons. The second-order valence-electron chi connectivity index (χ2n) is 3.37. The van der Waals surface area contributed by atoms with E-state index >= 15 is 0 Å². The molecule has 1 aromatic carbocycles. The molecule has 0 atom stereocenters. The molecule has 0 N–H and O–H groups in total. The number of hydrogen-bond acceptors (Lipinski definition) is 3. The molecule has 0 aliphatic rings. The molecule has 1 rings (SSSR count). The third kappa shape index (κ3) is 3.62. The van der Waals surface area contributed by atoms with Crippen LogP contribution in [-0.2, 0) is 6.42 Å². The maximum Gasteiger partial charge on any atom is 0.137 e. The molecule has 0 saturated heterocycles. The lowest BCUT2D eigenvalue weighted by atomic mass is 10.0. The maximum absolute atomic E-state index is 13.1. The Bertz CT molecular complexity index is 471. The minimum absolute atomic E-state index is 0.150. The summed E-state index contributed by atoms with van der Waals surface area (Å²) >= 11 is 0. The minimum atomic E-state index is -0.803. The first-order valence-electron chi connectivity index (χ1n) is 5.02. The molecule has 3 nitrogen and oxygen atoms in total. The Kier molecular flexibility index (Phi) is 4.72. The van der Waals surface area contributed by atoms with Gasteiger partial charge in [0, 0.05) is 6.42 Å². The Hall–Kier alpha value is -2.33. The highest BCUT2D eigenvalue weighted by molar-refractivity contribution is 5.35. The van der Waals surface area contributed by atoms with Gasteiger partial charge >= 0.3 is 0 Å². The Morgan fingerprint density at radius 3 is 2.71 bits per heavy atom. The van der Waals surface area contributed by atoms with Crippen molar-refractivity contribution in [3.8, 4) is 17.9 Å². The van der Waals surface area contributed by atoms with Gasteiger partial charge in [-0.05, 0) is 23.8 Å². The van der Waals surface area contributed by atoms with Crippen LogP contribution >= 0.6 is 0 Å². The van der Waals surface area contributed by atoms with Crippen LogP contribution in [0.1, 0.15) is 5.56 Å². The molecule has 0 spiro atoms. The van der Waals surface area contributed by atoms with E-state index in [4.69, 9.17) is 15.3 Å². The Labute approximate surface area is 99.4 Å². The highest BCUT2D eigenvalue weighted by Gasteiger charge is 2.12. The van der Waals surface area contributed by atoms with E-state index in [1.54, 1.807) is 6.08 Å². The van der Waals surface area contributed by atoms with Crippen molar-refractivity contribution >= 4 is 0 Å². The molecule has 0 aromatic heterocycles. The standard InChI is InChI=1S/C13H11FN2O/c1-2-5-17-13-4-3-12(14)7-11(13)6-10(8-15)9-16/h2-4,7,10H,1,5-6H2. The minimum Gasteiger partial charge on any atom is -0.489 e. The van der Waals surface area contributed by atoms with Crippen LogP contribution in [0.25, 0.3) is 0 Å². The van der Waals surface area contributed by atoms with Crippen LogP contribution < -0.4 is 4.74 Å². The van der Waals surface area contributed by atoms with Gasteiger partial charge in [0.2, 0.25) is 0 Å². The molecule has 4 heteroatoms. The molecular weight excluding hydrogens is 219 g/mol. The van der Waals surface area contributed by atoms with E-state index in [0.717, 1.165) is 0 Å². The predicted molar refractivity (Wildman–Crippen MR) is 60.5 cm³/mol. The average Bonchev–Trinajstić information content (AvgIpc) is 2.35. The molecule has 0 aliphatic carbocycles. The van der Waals surface area contributed by atoms with Crippen molar-refractivity contribution in [2.75, 3.05) is 6.61 Å². The zero-order chi connectivity index (χ0) is 12.7. The van der Waals surface area contributed by atoms with Crippen LogP contribution in [0, 0.1) is 34.4 Å². The van der Waals surface area contributed by atoms with E-state index in [1.807, 2.05) is 12.1 Å². The molecule has 0 bridgehead atoms. The van der Waals surface area contributed by atoms with Crippen molar-refractivity contribution in [3.05, 3.63) is 42.2 Å². The highest BCUT2D eigenvalue weighted by atomic mass is 19.1. The van der Waals surface area contributed by atoms with Crippen LogP contribution in [0.5, 0.6) is 5.75 Å². The third-order valence-electron chi connectivity index (χ3n) is 2.11. The van der Waals surface area contributed by atoms with E-state index in [2.05, 4.69) is 6.58 Å². The van der Waals surface area contributed by atoms with E-state index in [9.17, 15) is 4.39 Å². The Morgan fingerprint density at radius 1 is 1.41 bits per heavy atom. The smallest absolute Gasteiger partial charge is 0.137 e. The first kappa shape index (κ1) is 12.7. The number of hydrogen-bond donors (Lipinski definition) is 0. The monoisotopic (exact) mass is 230 g/mol. The first-order valence-corrected chi connectivity index (χ1v) is 5.02. The number of halogens is 1. The van der Waals surface area contributed by atoms with Crippen molar-refractivity contribution in [2.24, 2.45) is 5.92 Å². The van der Waals surface area contributed by atoms with Crippen molar-refractivity contribution in [3.63, 3.8) is 0 Å².